The predicted molar refractivity (Wildman–Crippen MR) is 132 cm³/mol. The maximum Gasteiger partial charge on any atom is 0.306 e. The van der Waals surface area contributed by atoms with Gasteiger partial charge < -0.3 is 9.64 Å². The van der Waals surface area contributed by atoms with Gasteiger partial charge >= 0.3 is 5.97 Å². The lowest BCUT2D eigenvalue weighted by molar-refractivity contribution is -0.143. The van der Waals surface area contributed by atoms with Gasteiger partial charge in [0.1, 0.15) is 11.5 Å². The van der Waals surface area contributed by atoms with E-state index in [2.05, 4.69) is 17.0 Å². The number of likely N-dealkylation sites (tertiary alicyclic amines) is 1. The highest BCUT2D eigenvalue weighted by atomic mass is 19.1. The van der Waals surface area contributed by atoms with Gasteiger partial charge in [-0.05, 0) is 63.3 Å². The highest BCUT2D eigenvalue weighted by molar-refractivity contribution is 5.93. The van der Waals surface area contributed by atoms with Crippen LogP contribution in [0.25, 0.3) is 16.9 Å². The van der Waals surface area contributed by atoms with Crippen LogP contribution in [0, 0.1) is 5.82 Å². The third-order valence-corrected chi connectivity index (χ3v) is 6.63. The van der Waals surface area contributed by atoms with Crippen LogP contribution in [0.15, 0.2) is 30.3 Å². The molecule has 0 bridgehead atoms. The van der Waals surface area contributed by atoms with Gasteiger partial charge in [-0.15, -0.1) is 0 Å². The van der Waals surface area contributed by atoms with Crippen molar-refractivity contribution in [2.24, 2.45) is 0 Å². The number of amides is 1. The molecule has 0 spiro atoms. The van der Waals surface area contributed by atoms with Gasteiger partial charge in [0.05, 0.1) is 12.3 Å². The molecule has 1 fully saturated rings. The molecule has 3 heterocycles. The molecule has 0 saturated carbocycles. The Kier molecular flexibility index (Phi) is 7.78. The maximum absolute atomic E-state index is 15.0. The van der Waals surface area contributed by atoms with Crippen LogP contribution >= 0.6 is 0 Å². The molecule has 1 atom stereocenters. The van der Waals surface area contributed by atoms with Gasteiger partial charge in [-0.25, -0.2) is 13.9 Å². The van der Waals surface area contributed by atoms with E-state index in [0.29, 0.717) is 42.0 Å². The summed E-state index contributed by atoms with van der Waals surface area (Å²) in [6, 6.07) is 8.61. The molecule has 1 saturated heterocycles. The van der Waals surface area contributed by atoms with E-state index < -0.39 is 5.82 Å². The van der Waals surface area contributed by atoms with Gasteiger partial charge in [0.15, 0.2) is 5.65 Å². The number of esters is 1. The molecule has 1 unspecified atom stereocenters. The molecule has 0 aliphatic carbocycles. The van der Waals surface area contributed by atoms with Crippen LogP contribution in [0.4, 0.5) is 4.39 Å². The van der Waals surface area contributed by atoms with Crippen molar-refractivity contribution in [1.82, 2.24) is 19.5 Å². The molecule has 4 rings (SSSR count). The van der Waals surface area contributed by atoms with E-state index in [1.807, 2.05) is 11.8 Å². The van der Waals surface area contributed by atoms with Crippen LogP contribution in [0.3, 0.4) is 0 Å². The largest absolute Gasteiger partial charge is 0.466 e. The van der Waals surface area contributed by atoms with Crippen molar-refractivity contribution < 1.29 is 18.7 Å². The normalized spacial score (nSPS) is 16.3. The van der Waals surface area contributed by atoms with E-state index in [1.54, 1.807) is 35.7 Å². The van der Waals surface area contributed by atoms with Gasteiger partial charge in [-0.1, -0.05) is 25.8 Å². The quantitative estimate of drug-likeness (QED) is 0.445. The number of nitrogens with zero attached hydrogens (tertiary/aromatic N) is 4. The van der Waals surface area contributed by atoms with Gasteiger partial charge in [0.2, 0.25) is 0 Å². The number of halogens is 1. The Hall–Kier alpha value is -3.29. The molecule has 35 heavy (non-hydrogen) atoms. The number of aryl methyl sites for hydroxylation is 2. The number of hydrogen-bond acceptors (Lipinski definition) is 5. The zero-order valence-corrected chi connectivity index (χ0v) is 20.7. The monoisotopic (exact) mass is 480 g/mol. The molecule has 1 aliphatic heterocycles. The summed E-state index contributed by atoms with van der Waals surface area (Å²) in [5.41, 5.74) is 3.30. The SMILES string of the molecule is CCOC(=O)CCc1ccc(-c2cc3nc(C(=O)N4CCCCCC4C)cc(CC)n3n2)c(F)c1. The van der Waals surface area contributed by atoms with Gasteiger partial charge in [-0.2, -0.15) is 5.10 Å². The Morgan fingerprint density at radius 3 is 2.71 bits per heavy atom. The number of hydrogen-bond donors (Lipinski definition) is 0. The summed E-state index contributed by atoms with van der Waals surface area (Å²) >= 11 is 0. The minimum atomic E-state index is -0.414. The molecule has 186 valence electrons. The number of rotatable bonds is 7. The fraction of sp³-hybridized carbons (Fsp3) is 0.481. The van der Waals surface area contributed by atoms with Crippen LogP contribution < -0.4 is 0 Å². The summed E-state index contributed by atoms with van der Waals surface area (Å²) in [7, 11) is 0. The van der Waals surface area contributed by atoms with Gasteiger partial charge in [0.25, 0.3) is 5.91 Å². The second kappa shape index (κ2) is 11.0. The zero-order valence-electron chi connectivity index (χ0n) is 20.7. The molecular formula is C27H33FN4O3. The Balaban J connectivity index is 1.62. The standard InChI is InChI=1S/C27H33FN4O3/c1-4-20-16-24(27(34)31-14-8-6-7-9-18(31)3)29-25-17-23(30-32(20)25)21-12-10-19(15-22(21)28)11-13-26(33)35-5-2/h10,12,15-18H,4-9,11,13-14H2,1-3H3. The summed E-state index contributed by atoms with van der Waals surface area (Å²) in [5, 5.41) is 4.60. The Morgan fingerprint density at radius 2 is 1.97 bits per heavy atom. The highest BCUT2D eigenvalue weighted by Crippen LogP contribution is 2.26. The minimum Gasteiger partial charge on any atom is -0.466 e. The average molecular weight is 481 g/mol. The maximum atomic E-state index is 15.0. The smallest absolute Gasteiger partial charge is 0.306 e. The third kappa shape index (κ3) is 5.52. The molecule has 3 aromatic rings. The molecule has 7 nitrogen and oxygen atoms in total. The number of fused-ring (bicyclic) bond motifs is 1. The Bertz CT molecular complexity index is 1220. The van der Waals surface area contributed by atoms with Crippen molar-refractivity contribution in [2.75, 3.05) is 13.2 Å². The van der Waals surface area contributed by atoms with E-state index in [9.17, 15) is 9.59 Å². The average Bonchev–Trinajstić information content (AvgIpc) is 3.16. The first kappa shape index (κ1) is 24.8. The van der Waals surface area contributed by atoms with E-state index >= 15 is 4.39 Å². The second-order valence-corrected chi connectivity index (χ2v) is 9.10. The van der Waals surface area contributed by atoms with Crippen LogP contribution in [-0.4, -0.2) is 50.6 Å². The summed E-state index contributed by atoms with van der Waals surface area (Å²) in [5.74, 6) is -0.769. The van der Waals surface area contributed by atoms with Crippen molar-refractivity contribution in [3.63, 3.8) is 0 Å². The lowest BCUT2D eigenvalue weighted by Gasteiger charge is -2.27. The van der Waals surface area contributed by atoms with Crippen molar-refractivity contribution in [1.29, 1.82) is 0 Å². The number of ether oxygens (including phenoxy) is 1. The van der Waals surface area contributed by atoms with E-state index in [0.717, 1.165) is 43.5 Å². The zero-order chi connectivity index (χ0) is 24.9. The molecule has 1 aliphatic rings. The van der Waals surface area contributed by atoms with E-state index in [-0.39, 0.29) is 24.3 Å². The summed E-state index contributed by atoms with van der Waals surface area (Å²) in [4.78, 5) is 31.5. The summed E-state index contributed by atoms with van der Waals surface area (Å²) in [6.07, 6.45) is 5.55. The molecule has 1 amide bonds. The van der Waals surface area contributed by atoms with Crippen LogP contribution in [0.2, 0.25) is 0 Å². The topological polar surface area (TPSA) is 76.8 Å². The van der Waals surface area contributed by atoms with E-state index in [1.165, 1.54) is 6.07 Å². The summed E-state index contributed by atoms with van der Waals surface area (Å²) in [6.45, 7) is 6.93. The lowest BCUT2D eigenvalue weighted by Crippen LogP contribution is -2.38. The third-order valence-electron chi connectivity index (χ3n) is 6.63. The van der Waals surface area contributed by atoms with Crippen LogP contribution in [0.5, 0.6) is 0 Å². The van der Waals surface area contributed by atoms with Crippen molar-refractivity contribution in [3.05, 3.63) is 53.1 Å². The van der Waals surface area contributed by atoms with Gasteiger partial charge in [-0.3, -0.25) is 9.59 Å². The number of aromatic nitrogens is 3. The van der Waals surface area contributed by atoms with E-state index in [4.69, 9.17) is 4.74 Å². The summed E-state index contributed by atoms with van der Waals surface area (Å²) < 4.78 is 21.6. The molecule has 0 radical (unpaired) electrons. The number of benzene rings is 1. The second-order valence-electron chi connectivity index (χ2n) is 9.10. The highest BCUT2D eigenvalue weighted by Gasteiger charge is 2.25. The number of carbonyl (C=O) groups is 2. The van der Waals surface area contributed by atoms with Crippen molar-refractivity contribution in [2.45, 2.75) is 71.8 Å². The molecular weight excluding hydrogens is 447 g/mol. The molecule has 1 aromatic carbocycles. The Labute approximate surface area is 205 Å². The lowest BCUT2D eigenvalue weighted by atomic mass is 10.0. The fourth-order valence-electron chi connectivity index (χ4n) is 4.66. The fourth-order valence-corrected chi connectivity index (χ4v) is 4.66. The first-order valence-corrected chi connectivity index (χ1v) is 12.6. The molecule has 8 heteroatoms. The van der Waals surface area contributed by atoms with Crippen LogP contribution in [-0.2, 0) is 22.4 Å². The predicted octanol–water partition coefficient (Wildman–Crippen LogP) is 5.00. The minimum absolute atomic E-state index is 0.0588. The Morgan fingerprint density at radius 1 is 1.14 bits per heavy atom. The van der Waals surface area contributed by atoms with Gasteiger partial charge in [0, 0.05) is 36.3 Å². The molecule has 2 aromatic heterocycles. The first-order chi connectivity index (χ1) is 16.9. The van der Waals surface area contributed by atoms with Crippen molar-refractivity contribution >= 4 is 17.5 Å². The molecule has 0 N–H and O–H groups in total. The van der Waals surface area contributed by atoms with Crippen molar-refractivity contribution in [3.8, 4) is 11.3 Å². The van der Waals surface area contributed by atoms with Crippen LogP contribution in [0.1, 0.15) is 74.6 Å². The number of carbonyl (C=O) groups excluding carboxylic acids is 2. The first-order valence-electron chi connectivity index (χ1n) is 12.6.